The van der Waals surface area contributed by atoms with Gasteiger partial charge in [0.1, 0.15) is 0 Å². The summed E-state index contributed by atoms with van der Waals surface area (Å²) < 4.78 is 0. The molecule has 2 rings (SSSR count). The molecule has 0 aromatic heterocycles. The molecule has 1 aliphatic carbocycles. The summed E-state index contributed by atoms with van der Waals surface area (Å²) in [6.07, 6.45) is -0.701. The van der Waals surface area contributed by atoms with E-state index in [1.54, 1.807) is 6.92 Å². The van der Waals surface area contributed by atoms with Crippen molar-refractivity contribution >= 4 is 5.78 Å². The Bertz CT molecular complexity index is 463. The fourth-order valence-corrected chi connectivity index (χ4v) is 2.50. The lowest BCUT2D eigenvalue weighted by molar-refractivity contribution is 0.0790. The summed E-state index contributed by atoms with van der Waals surface area (Å²) in [5.74, 6) is -0.392. The van der Waals surface area contributed by atoms with E-state index in [4.69, 9.17) is 0 Å². The number of carbonyl (C=O) groups excluding carboxylic acids is 1. The SMILES string of the molecule is Cc1cc2c(c(C)c1CO)C(=O)C(C)C2O. The molecule has 0 amide bonds. The van der Waals surface area contributed by atoms with Crippen LogP contribution in [0.15, 0.2) is 6.07 Å². The van der Waals surface area contributed by atoms with Crippen molar-refractivity contribution in [2.45, 2.75) is 33.5 Å². The molecule has 16 heavy (non-hydrogen) atoms. The highest BCUT2D eigenvalue weighted by Gasteiger charge is 2.37. The zero-order valence-electron chi connectivity index (χ0n) is 9.74. The largest absolute Gasteiger partial charge is 0.392 e. The second kappa shape index (κ2) is 3.68. The summed E-state index contributed by atoms with van der Waals surface area (Å²) in [7, 11) is 0. The number of fused-ring (bicyclic) bond motifs is 1. The summed E-state index contributed by atoms with van der Waals surface area (Å²) in [6, 6.07) is 1.82. The Kier molecular flexibility index (Phi) is 2.60. The van der Waals surface area contributed by atoms with Gasteiger partial charge in [0.05, 0.1) is 12.7 Å². The third-order valence-corrected chi connectivity index (χ3v) is 3.57. The van der Waals surface area contributed by atoms with Crippen LogP contribution in [-0.2, 0) is 6.61 Å². The summed E-state index contributed by atoms with van der Waals surface area (Å²) >= 11 is 0. The first kappa shape index (κ1) is 11.3. The van der Waals surface area contributed by atoms with Gasteiger partial charge in [0.25, 0.3) is 0 Å². The minimum Gasteiger partial charge on any atom is -0.392 e. The van der Waals surface area contributed by atoms with Crippen LogP contribution >= 0.6 is 0 Å². The lowest BCUT2D eigenvalue weighted by Crippen LogP contribution is -2.09. The van der Waals surface area contributed by atoms with Gasteiger partial charge >= 0.3 is 0 Å². The van der Waals surface area contributed by atoms with Crippen molar-refractivity contribution in [3.8, 4) is 0 Å². The number of ketones is 1. The fraction of sp³-hybridized carbons (Fsp3) is 0.462. The maximum Gasteiger partial charge on any atom is 0.169 e. The third-order valence-electron chi connectivity index (χ3n) is 3.57. The van der Waals surface area contributed by atoms with Crippen LogP contribution in [0.1, 0.15) is 45.6 Å². The van der Waals surface area contributed by atoms with E-state index in [0.29, 0.717) is 11.1 Å². The van der Waals surface area contributed by atoms with Gasteiger partial charge in [0.15, 0.2) is 5.78 Å². The van der Waals surface area contributed by atoms with Crippen LogP contribution in [-0.4, -0.2) is 16.0 Å². The van der Waals surface area contributed by atoms with Gasteiger partial charge < -0.3 is 10.2 Å². The van der Waals surface area contributed by atoms with Gasteiger partial charge in [0.2, 0.25) is 0 Å². The van der Waals surface area contributed by atoms with Crippen molar-refractivity contribution in [3.05, 3.63) is 33.9 Å². The molecule has 0 radical (unpaired) electrons. The molecular formula is C13H16O3. The molecule has 1 aromatic rings. The van der Waals surface area contributed by atoms with Gasteiger partial charge in [-0.1, -0.05) is 13.0 Å². The summed E-state index contributed by atoms with van der Waals surface area (Å²) in [5.41, 5.74) is 3.86. The molecule has 0 aliphatic heterocycles. The maximum atomic E-state index is 12.0. The minimum atomic E-state index is -0.701. The van der Waals surface area contributed by atoms with E-state index in [9.17, 15) is 15.0 Å². The highest BCUT2D eigenvalue weighted by molar-refractivity contribution is 6.04. The highest BCUT2D eigenvalue weighted by Crippen LogP contribution is 2.39. The molecule has 2 unspecified atom stereocenters. The van der Waals surface area contributed by atoms with Crippen molar-refractivity contribution in [2.24, 2.45) is 5.92 Å². The van der Waals surface area contributed by atoms with Crippen LogP contribution in [0.25, 0.3) is 0 Å². The molecule has 0 saturated carbocycles. The Morgan fingerprint density at radius 2 is 2.00 bits per heavy atom. The first-order valence-electron chi connectivity index (χ1n) is 5.45. The van der Waals surface area contributed by atoms with Gasteiger partial charge in [0, 0.05) is 11.5 Å². The van der Waals surface area contributed by atoms with Crippen LogP contribution in [0.2, 0.25) is 0 Å². The molecule has 0 spiro atoms. The first-order valence-corrected chi connectivity index (χ1v) is 5.45. The van der Waals surface area contributed by atoms with Crippen LogP contribution in [0, 0.1) is 19.8 Å². The molecular weight excluding hydrogens is 204 g/mol. The topological polar surface area (TPSA) is 57.5 Å². The zero-order valence-corrected chi connectivity index (χ0v) is 9.74. The van der Waals surface area contributed by atoms with Crippen LogP contribution in [0.3, 0.4) is 0 Å². The molecule has 1 aliphatic rings. The monoisotopic (exact) mass is 220 g/mol. The quantitative estimate of drug-likeness (QED) is 0.756. The second-order valence-electron chi connectivity index (χ2n) is 4.52. The number of rotatable bonds is 1. The van der Waals surface area contributed by atoms with E-state index < -0.39 is 6.10 Å². The normalized spacial score (nSPS) is 23.7. The lowest BCUT2D eigenvalue weighted by Gasteiger charge is -2.12. The molecule has 0 saturated heterocycles. The molecule has 3 nitrogen and oxygen atoms in total. The third kappa shape index (κ3) is 1.32. The van der Waals surface area contributed by atoms with E-state index in [-0.39, 0.29) is 18.3 Å². The number of aryl methyl sites for hydroxylation is 1. The number of hydrogen-bond donors (Lipinski definition) is 2. The molecule has 0 heterocycles. The Morgan fingerprint density at radius 1 is 1.38 bits per heavy atom. The molecule has 86 valence electrons. The van der Waals surface area contributed by atoms with Gasteiger partial charge in [-0.2, -0.15) is 0 Å². The van der Waals surface area contributed by atoms with E-state index in [0.717, 1.165) is 16.7 Å². The predicted molar refractivity (Wildman–Crippen MR) is 60.3 cm³/mol. The fourth-order valence-electron chi connectivity index (χ4n) is 2.50. The van der Waals surface area contributed by atoms with Gasteiger partial charge in [-0.05, 0) is 36.1 Å². The van der Waals surface area contributed by atoms with Crippen LogP contribution < -0.4 is 0 Å². The Hall–Kier alpha value is -1.19. The highest BCUT2D eigenvalue weighted by atomic mass is 16.3. The first-order chi connectivity index (χ1) is 7.49. The van der Waals surface area contributed by atoms with Crippen LogP contribution in [0.5, 0.6) is 0 Å². The maximum absolute atomic E-state index is 12.0. The van der Waals surface area contributed by atoms with Crippen molar-refractivity contribution in [1.82, 2.24) is 0 Å². The number of benzene rings is 1. The number of carbonyl (C=O) groups is 1. The Balaban J connectivity index is 2.73. The number of aliphatic hydroxyl groups is 2. The van der Waals surface area contributed by atoms with Gasteiger partial charge in [-0.25, -0.2) is 0 Å². The van der Waals surface area contributed by atoms with E-state index in [1.807, 2.05) is 19.9 Å². The van der Waals surface area contributed by atoms with E-state index >= 15 is 0 Å². The van der Waals surface area contributed by atoms with Crippen molar-refractivity contribution in [1.29, 1.82) is 0 Å². The summed E-state index contributed by atoms with van der Waals surface area (Å²) in [5, 5.41) is 19.2. The van der Waals surface area contributed by atoms with E-state index in [1.165, 1.54) is 0 Å². The minimum absolute atomic E-state index is 0.0188. The van der Waals surface area contributed by atoms with Crippen molar-refractivity contribution in [2.75, 3.05) is 0 Å². The zero-order chi connectivity index (χ0) is 12.0. The molecule has 2 N–H and O–H groups in total. The number of hydrogen-bond acceptors (Lipinski definition) is 3. The smallest absolute Gasteiger partial charge is 0.169 e. The van der Waals surface area contributed by atoms with Crippen molar-refractivity contribution < 1.29 is 15.0 Å². The lowest BCUT2D eigenvalue weighted by atomic mass is 9.94. The van der Waals surface area contributed by atoms with E-state index in [2.05, 4.69) is 0 Å². The second-order valence-corrected chi connectivity index (χ2v) is 4.52. The molecule has 2 atom stereocenters. The molecule has 0 fully saturated rings. The molecule has 1 aromatic carbocycles. The number of aliphatic hydroxyl groups excluding tert-OH is 2. The summed E-state index contributed by atoms with van der Waals surface area (Å²) in [6.45, 7) is 5.39. The summed E-state index contributed by atoms with van der Waals surface area (Å²) in [4.78, 5) is 12.0. The molecule has 0 bridgehead atoms. The van der Waals surface area contributed by atoms with Crippen LogP contribution in [0.4, 0.5) is 0 Å². The standard InChI is InChI=1S/C13H16O3/c1-6-4-9-11(7(2)10(6)5-14)13(16)8(3)12(9)15/h4,8,12,14-15H,5H2,1-3H3. The Morgan fingerprint density at radius 3 is 2.56 bits per heavy atom. The number of Topliss-reactive ketones (excluding diaryl/α,β-unsaturated/α-hetero) is 1. The predicted octanol–water partition coefficient (Wildman–Crippen LogP) is 1.66. The van der Waals surface area contributed by atoms with Crippen molar-refractivity contribution in [3.63, 3.8) is 0 Å². The Labute approximate surface area is 94.7 Å². The van der Waals surface area contributed by atoms with Gasteiger partial charge in [-0.3, -0.25) is 4.79 Å². The van der Waals surface area contributed by atoms with Gasteiger partial charge in [-0.15, -0.1) is 0 Å². The average molecular weight is 220 g/mol. The average Bonchev–Trinajstić information content (AvgIpc) is 2.44. The molecule has 3 heteroatoms.